The molecular formula is C18H15ClN2O3. The number of anilines is 1. The normalized spacial score (nSPS) is 10.8. The summed E-state index contributed by atoms with van der Waals surface area (Å²) in [5.74, 6) is -0.787. The van der Waals surface area contributed by atoms with E-state index in [-0.39, 0.29) is 29.3 Å². The fourth-order valence-corrected chi connectivity index (χ4v) is 2.82. The van der Waals surface area contributed by atoms with Crippen LogP contribution in [0.25, 0.3) is 10.9 Å². The molecule has 0 aliphatic heterocycles. The zero-order valence-corrected chi connectivity index (χ0v) is 13.7. The van der Waals surface area contributed by atoms with Crippen molar-refractivity contribution in [3.63, 3.8) is 0 Å². The van der Waals surface area contributed by atoms with Crippen LogP contribution in [0.2, 0.25) is 5.02 Å². The number of nitrogens with two attached hydrogens (primary N) is 1. The van der Waals surface area contributed by atoms with Crippen LogP contribution in [0.5, 0.6) is 0 Å². The second-order valence-electron chi connectivity index (χ2n) is 5.21. The van der Waals surface area contributed by atoms with Gasteiger partial charge in [-0.25, -0.2) is 4.79 Å². The summed E-state index contributed by atoms with van der Waals surface area (Å²) in [5, 5.41) is 0.794. The first-order valence-corrected chi connectivity index (χ1v) is 7.78. The van der Waals surface area contributed by atoms with Gasteiger partial charge >= 0.3 is 5.97 Å². The van der Waals surface area contributed by atoms with Crippen molar-refractivity contribution in [2.45, 2.75) is 6.92 Å². The number of hydrogen-bond acceptors (Lipinski definition) is 4. The lowest BCUT2D eigenvalue weighted by Crippen LogP contribution is -2.07. The first-order valence-electron chi connectivity index (χ1n) is 7.40. The number of nitrogen functional groups attached to an aromatic ring is 1. The Labute approximate surface area is 143 Å². The summed E-state index contributed by atoms with van der Waals surface area (Å²) in [6.07, 6.45) is 0. The molecule has 122 valence electrons. The highest BCUT2D eigenvalue weighted by molar-refractivity contribution is 6.32. The van der Waals surface area contributed by atoms with E-state index in [4.69, 9.17) is 22.1 Å². The Balaban J connectivity index is 2.19. The molecule has 0 amide bonds. The minimum absolute atomic E-state index is 0.207. The number of hydrogen-bond donors (Lipinski definition) is 2. The van der Waals surface area contributed by atoms with E-state index >= 15 is 0 Å². The number of carbonyl (C=O) groups is 2. The molecule has 3 rings (SSSR count). The molecule has 0 aliphatic carbocycles. The highest BCUT2D eigenvalue weighted by Gasteiger charge is 2.22. The van der Waals surface area contributed by atoms with Crippen LogP contribution in [0.4, 0.5) is 5.69 Å². The third kappa shape index (κ3) is 2.74. The molecule has 3 N–H and O–H groups in total. The van der Waals surface area contributed by atoms with E-state index in [1.807, 2.05) is 6.07 Å². The molecule has 5 nitrogen and oxygen atoms in total. The maximum atomic E-state index is 12.7. The predicted molar refractivity (Wildman–Crippen MR) is 93.6 cm³/mol. The molecular weight excluding hydrogens is 328 g/mol. The minimum Gasteiger partial charge on any atom is -0.462 e. The highest BCUT2D eigenvalue weighted by Crippen LogP contribution is 2.32. The number of nitrogens with one attached hydrogen (secondary N) is 1. The molecule has 1 aromatic heterocycles. The highest BCUT2D eigenvalue weighted by atomic mass is 35.5. The lowest BCUT2D eigenvalue weighted by atomic mass is 10.0. The van der Waals surface area contributed by atoms with Crippen LogP contribution in [0.1, 0.15) is 33.3 Å². The molecule has 6 heteroatoms. The van der Waals surface area contributed by atoms with E-state index in [0.29, 0.717) is 21.5 Å². The van der Waals surface area contributed by atoms with Crippen LogP contribution in [0.3, 0.4) is 0 Å². The average molecular weight is 343 g/mol. The van der Waals surface area contributed by atoms with Crippen molar-refractivity contribution >= 4 is 39.9 Å². The van der Waals surface area contributed by atoms with Crippen molar-refractivity contribution in [2.24, 2.45) is 0 Å². The smallest absolute Gasteiger partial charge is 0.338 e. The van der Waals surface area contributed by atoms with Crippen molar-refractivity contribution in [3.05, 3.63) is 64.3 Å². The summed E-state index contributed by atoms with van der Waals surface area (Å²) in [6.45, 7) is 1.94. The van der Waals surface area contributed by atoms with Gasteiger partial charge in [0.15, 0.2) is 0 Å². The van der Waals surface area contributed by atoms with Gasteiger partial charge in [0, 0.05) is 16.0 Å². The van der Waals surface area contributed by atoms with Crippen LogP contribution in [0, 0.1) is 0 Å². The standard InChI is InChI=1S/C18H15ClN2O3/c1-2-24-18(23)12-8-11(19)9-13-14(12)15(20)16(21-13)17(22)10-6-4-3-5-7-10/h3-9,21H,2,20H2,1H3. The summed E-state index contributed by atoms with van der Waals surface area (Å²) in [5.41, 5.74) is 7.84. The first kappa shape index (κ1) is 16.1. The first-order chi connectivity index (χ1) is 11.5. The van der Waals surface area contributed by atoms with E-state index < -0.39 is 5.97 Å². The maximum Gasteiger partial charge on any atom is 0.338 e. The Morgan fingerprint density at radius 3 is 2.58 bits per heavy atom. The van der Waals surface area contributed by atoms with Crippen LogP contribution in [-0.4, -0.2) is 23.3 Å². The topological polar surface area (TPSA) is 85.2 Å². The summed E-state index contributed by atoms with van der Waals surface area (Å²) in [6, 6.07) is 11.9. The summed E-state index contributed by atoms with van der Waals surface area (Å²) < 4.78 is 5.05. The van der Waals surface area contributed by atoms with Gasteiger partial charge < -0.3 is 15.5 Å². The van der Waals surface area contributed by atoms with E-state index in [2.05, 4.69) is 4.98 Å². The molecule has 24 heavy (non-hydrogen) atoms. The number of halogens is 1. The van der Waals surface area contributed by atoms with Crippen molar-refractivity contribution < 1.29 is 14.3 Å². The summed E-state index contributed by atoms with van der Waals surface area (Å²) in [4.78, 5) is 27.8. The second-order valence-corrected chi connectivity index (χ2v) is 5.64. The summed E-state index contributed by atoms with van der Waals surface area (Å²) in [7, 11) is 0. The third-order valence-electron chi connectivity index (χ3n) is 3.66. The molecule has 0 saturated heterocycles. The Kier molecular flexibility index (Phi) is 4.27. The SMILES string of the molecule is CCOC(=O)c1cc(Cl)cc2[nH]c(C(=O)c3ccccc3)c(N)c12. The van der Waals surface area contributed by atoms with Crippen LogP contribution in [0.15, 0.2) is 42.5 Å². The number of ketones is 1. The molecule has 0 saturated carbocycles. The average Bonchev–Trinajstić information content (AvgIpc) is 2.91. The van der Waals surface area contributed by atoms with Crippen molar-refractivity contribution in [1.29, 1.82) is 0 Å². The number of H-pyrrole nitrogens is 1. The van der Waals surface area contributed by atoms with E-state index in [1.54, 1.807) is 37.3 Å². The fourth-order valence-electron chi connectivity index (χ4n) is 2.61. The van der Waals surface area contributed by atoms with E-state index in [0.717, 1.165) is 0 Å². The molecule has 3 aromatic rings. The van der Waals surface area contributed by atoms with Crippen LogP contribution < -0.4 is 5.73 Å². The van der Waals surface area contributed by atoms with Crippen LogP contribution in [-0.2, 0) is 4.74 Å². The van der Waals surface area contributed by atoms with Gasteiger partial charge in [-0.1, -0.05) is 41.9 Å². The number of ether oxygens (including phenoxy) is 1. The van der Waals surface area contributed by atoms with E-state index in [9.17, 15) is 9.59 Å². The number of fused-ring (bicyclic) bond motifs is 1. The molecule has 0 bridgehead atoms. The van der Waals surface area contributed by atoms with Crippen molar-refractivity contribution in [1.82, 2.24) is 4.98 Å². The zero-order chi connectivity index (χ0) is 17.3. The monoisotopic (exact) mass is 342 g/mol. The van der Waals surface area contributed by atoms with Gasteiger partial charge in [0.25, 0.3) is 0 Å². The van der Waals surface area contributed by atoms with Crippen LogP contribution >= 0.6 is 11.6 Å². The second kappa shape index (κ2) is 6.37. The maximum absolute atomic E-state index is 12.7. The van der Waals surface area contributed by atoms with Gasteiger partial charge in [-0.2, -0.15) is 0 Å². The lowest BCUT2D eigenvalue weighted by molar-refractivity contribution is 0.0528. The summed E-state index contributed by atoms with van der Waals surface area (Å²) >= 11 is 6.07. The number of carbonyl (C=O) groups excluding carboxylic acids is 2. The van der Waals surface area contributed by atoms with Crippen molar-refractivity contribution in [3.8, 4) is 0 Å². The van der Waals surface area contributed by atoms with E-state index in [1.165, 1.54) is 6.07 Å². The number of benzene rings is 2. The molecule has 0 aliphatic rings. The molecule has 0 spiro atoms. The number of esters is 1. The van der Waals surface area contributed by atoms with Gasteiger partial charge in [-0.05, 0) is 19.1 Å². The molecule has 0 atom stereocenters. The molecule has 0 fully saturated rings. The Bertz CT molecular complexity index is 932. The van der Waals surface area contributed by atoms with Gasteiger partial charge in [-0.3, -0.25) is 4.79 Å². The molecule has 0 radical (unpaired) electrons. The van der Waals surface area contributed by atoms with Gasteiger partial charge in [0.05, 0.1) is 23.4 Å². The number of aromatic nitrogens is 1. The van der Waals surface area contributed by atoms with Gasteiger partial charge in [-0.15, -0.1) is 0 Å². The zero-order valence-electron chi connectivity index (χ0n) is 12.9. The number of rotatable bonds is 4. The predicted octanol–water partition coefficient (Wildman–Crippen LogP) is 3.81. The third-order valence-corrected chi connectivity index (χ3v) is 3.88. The Morgan fingerprint density at radius 1 is 1.21 bits per heavy atom. The minimum atomic E-state index is -0.533. The lowest BCUT2D eigenvalue weighted by Gasteiger charge is -2.05. The van der Waals surface area contributed by atoms with Gasteiger partial charge in [0.1, 0.15) is 5.69 Å². The molecule has 2 aromatic carbocycles. The Morgan fingerprint density at radius 2 is 1.92 bits per heavy atom. The molecule has 1 heterocycles. The van der Waals surface area contributed by atoms with Crippen molar-refractivity contribution in [2.75, 3.05) is 12.3 Å². The largest absolute Gasteiger partial charge is 0.462 e. The quantitative estimate of drug-likeness (QED) is 0.557. The Hall–Kier alpha value is -2.79. The number of aromatic amines is 1. The van der Waals surface area contributed by atoms with Gasteiger partial charge in [0.2, 0.25) is 5.78 Å². The fraction of sp³-hybridized carbons (Fsp3) is 0.111. The molecule has 0 unspecified atom stereocenters.